The molecule has 3 nitrogen and oxygen atoms in total. The molecule has 0 N–H and O–H groups in total. The Bertz CT molecular complexity index is 255. The van der Waals surface area contributed by atoms with E-state index in [1.54, 1.807) is 0 Å². The molecular formula is C12H23BO3. The number of hydrogen-bond acceptors (Lipinski definition) is 3. The largest absolute Gasteiger partial charge is 0.466 e. The Morgan fingerprint density at radius 2 is 1.56 bits per heavy atom. The summed E-state index contributed by atoms with van der Waals surface area (Å²) in [7, 11) is -0.0935. The standard InChI is InChI=1S/C12H23BO3/c1-6-14-9-12(7-8-12)13-15-10(2,3)11(4,5)16-13/h6-9H2,1-5H3. The molecule has 2 fully saturated rings. The van der Waals surface area contributed by atoms with Gasteiger partial charge in [0.25, 0.3) is 0 Å². The highest BCUT2D eigenvalue weighted by molar-refractivity contribution is 6.51. The third-order valence-electron chi connectivity index (χ3n) is 4.24. The van der Waals surface area contributed by atoms with Crippen molar-refractivity contribution in [3.63, 3.8) is 0 Å². The quantitative estimate of drug-likeness (QED) is 0.689. The molecule has 1 saturated carbocycles. The second-order valence-electron chi connectivity index (χ2n) is 6.09. The molecule has 0 atom stereocenters. The van der Waals surface area contributed by atoms with Gasteiger partial charge in [0.1, 0.15) is 0 Å². The van der Waals surface area contributed by atoms with Gasteiger partial charge in [-0.25, -0.2) is 0 Å². The van der Waals surface area contributed by atoms with Crippen LogP contribution in [0.3, 0.4) is 0 Å². The lowest BCUT2D eigenvalue weighted by molar-refractivity contribution is 0.00578. The fourth-order valence-corrected chi connectivity index (χ4v) is 2.01. The van der Waals surface area contributed by atoms with Crippen LogP contribution in [0, 0.1) is 0 Å². The van der Waals surface area contributed by atoms with Crippen LogP contribution in [0.1, 0.15) is 47.5 Å². The van der Waals surface area contributed by atoms with E-state index in [2.05, 4.69) is 27.7 Å². The zero-order valence-corrected chi connectivity index (χ0v) is 11.1. The van der Waals surface area contributed by atoms with Gasteiger partial charge in [0.2, 0.25) is 0 Å². The smallest absolute Gasteiger partial charge is 0.403 e. The van der Waals surface area contributed by atoms with E-state index in [1.165, 1.54) is 0 Å². The first-order chi connectivity index (χ1) is 7.33. The Morgan fingerprint density at radius 1 is 1.06 bits per heavy atom. The maximum Gasteiger partial charge on any atom is 0.466 e. The van der Waals surface area contributed by atoms with Gasteiger partial charge in [0, 0.05) is 11.9 Å². The van der Waals surface area contributed by atoms with Crippen molar-refractivity contribution in [1.82, 2.24) is 0 Å². The molecule has 1 saturated heterocycles. The van der Waals surface area contributed by atoms with Crippen molar-refractivity contribution in [3.8, 4) is 0 Å². The first-order valence-corrected chi connectivity index (χ1v) is 6.26. The fourth-order valence-electron chi connectivity index (χ4n) is 2.01. The SMILES string of the molecule is CCOCC1(B2OC(C)(C)C(C)(C)O2)CC1. The highest BCUT2D eigenvalue weighted by Crippen LogP contribution is 2.60. The van der Waals surface area contributed by atoms with Crippen LogP contribution in [0.25, 0.3) is 0 Å². The first-order valence-electron chi connectivity index (χ1n) is 6.26. The topological polar surface area (TPSA) is 27.7 Å². The van der Waals surface area contributed by atoms with Gasteiger partial charge in [0.05, 0.1) is 17.8 Å². The van der Waals surface area contributed by atoms with Crippen molar-refractivity contribution in [1.29, 1.82) is 0 Å². The van der Waals surface area contributed by atoms with E-state index in [4.69, 9.17) is 14.0 Å². The minimum atomic E-state index is -0.223. The Labute approximate surface area is 99.0 Å². The molecule has 16 heavy (non-hydrogen) atoms. The highest BCUT2D eigenvalue weighted by Gasteiger charge is 2.64. The van der Waals surface area contributed by atoms with E-state index in [-0.39, 0.29) is 23.6 Å². The van der Waals surface area contributed by atoms with Crippen LogP contribution in [0.15, 0.2) is 0 Å². The van der Waals surface area contributed by atoms with Gasteiger partial charge in [-0.1, -0.05) is 0 Å². The molecule has 0 spiro atoms. The molecule has 0 aromatic rings. The van der Waals surface area contributed by atoms with Crippen molar-refractivity contribution in [2.45, 2.75) is 64.0 Å². The van der Waals surface area contributed by atoms with Crippen molar-refractivity contribution in [2.75, 3.05) is 13.2 Å². The van der Waals surface area contributed by atoms with Gasteiger partial charge in [-0.05, 0) is 47.5 Å². The molecule has 0 aromatic heterocycles. The molecule has 0 bridgehead atoms. The van der Waals surface area contributed by atoms with Crippen LogP contribution < -0.4 is 0 Å². The summed E-state index contributed by atoms with van der Waals surface area (Å²) >= 11 is 0. The Hall–Kier alpha value is -0.0551. The average molecular weight is 226 g/mol. The minimum absolute atomic E-state index is 0.0935. The highest BCUT2D eigenvalue weighted by atomic mass is 16.7. The molecule has 0 unspecified atom stereocenters. The minimum Gasteiger partial charge on any atom is -0.403 e. The summed E-state index contributed by atoms with van der Waals surface area (Å²) in [6.07, 6.45) is 2.31. The van der Waals surface area contributed by atoms with Gasteiger partial charge in [-0.15, -0.1) is 0 Å². The van der Waals surface area contributed by atoms with Crippen LogP contribution in [-0.4, -0.2) is 31.5 Å². The lowest BCUT2D eigenvalue weighted by Gasteiger charge is -2.32. The summed E-state index contributed by atoms with van der Waals surface area (Å²) in [5.41, 5.74) is -0.445. The molecule has 2 aliphatic rings. The van der Waals surface area contributed by atoms with Crippen molar-refractivity contribution in [3.05, 3.63) is 0 Å². The molecule has 1 aliphatic heterocycles. The van der Waals surface area contributed by atoms with Crippen LogP contribution in [0.2, 0.25) is 5.31 Å². The van der Waals surface area contributed by atoms with E-state index >= 15 is 0 Å². The van der Waals surface area contributed by atoms with Crippen LogP contribution in [0.5, 0.6) is 0 Å². The molecule has 1 aliphatic carbocycles. The van der Waals surface area contributed by atoms with E-state index in [1.807, 2.05) is 6.92 Å². The predicted molar refractivity (Wildman–Crippen MR) is 64.5 cm³/mol. The summed E-state index contributed by atoms with van der Waals surface area (Å²) < 4.78 is 17.7. The molecule has 0 radical (unpaired) electrons. The summed E-state index contributed by atoms with van der Waals surface area (Å²) in [5.74, 6) is 0. The normalized spacial score (nSPS) is 29.4. The zero-order chi connectivity index (χ0) is 12.0. The Balaban J connectivity index is 2.03. The second kappa shape index (κ2) is 3.72. The maximum absolute atomic E-state index is 6.09. The third-order valence-corrected chi connectivity index (χ3v) is 4.24. The second-order valence-corrected chi connectivity index (χ2v) is 6.09. The van der Waals surface area contributed by atoms with Crippen LogP contribution >= 0.6 is 0 Å². The molecular weight excluding hydrogens is 203 g/mol. The van der Waals surface area contributed by atoms with Gasteiger partial charge in [-0.3, -0.25) is 0 Å². The summed E-state index contributed by atoms with van der Waals surface area (Å²) in [4.78, 5) is 0. The molecule has 2 rings (SSSR count). The molecule has 92 valence electrons. The molecule has 0 aromatic carbocycles. The molecule has 1 heterocycles. The van der Waals surface area contributed by atoms with E-state index in [0.29, 0.717) is 0 Å². The lowest BCUT2D eigenvalue weighted by atomic mass is 9.68. The van der Waals surface area contributed by atoms with Crippen LogP contribution in [0.4, 0.5) is 0 Å². The Kier molecular flexibility index (Phi) is 2.88. The first kappa shape index (κ1) is 12.4. The van der Waals surface area contributed by atoms with Crippen molar-refractivity contribution >= 4 is 7.12 Å². The van der Waals surface area contributed by atoms with Gasteiger partial charge < -0.3 is 14.0 Å². The van der Waals surface area contributed by atoms with Crippen molar-refractivity contribution < 1.29 is 14.0 Å². The summed E-state index contributed by atoms with van der Waals surface area (Å²) in [5, 5.41) is 0.126. The fraction of sp³-hybridized carbons (Fsp3) is 1.00. The van der Waals surface area contributed by atoms with Gasteiger partial charge >= 0.3 is 7.12 Å². The average Bonchev–Trinajstić information content (AvgIpc) is 2.89. The number of rotatable bonds is 4. The molecule has 4 heteroatoms. The van der Waals surface area contributed by atoms with E-state index in [9.17, 15) is 0 Å². The maximum atomic E-state index is 6.09. The van der Waals surface area contributed by atoms with Gasteiger partial charge in [0.15, 0.2) is 0 Å². The number of ether oxygens (including phenoxy) is 1. The Morgan fingerprint density at radius 3 is 1.94 bits per heavy atom. The van der Waals surface area contributed by atoms with Crippen molar-refractivity contribution in [2.24, 2.45) is 0 Å². The van der Waals surface area contributed by atoms with E-state index in [0.717, 1.165) is 26.1 Å². The summed E-state index contributed by atoms with van der Waals surface area (Å²) in [6, 6.07) is 0. The molecule has 0 amide bonds. The van der Waals surface area contributed by atoms with Crippen LogP contribution in [-0.2, 0) is 14.0 Å². The van der Waals surface area contributed by atoms with Gasteiger partial charge in [-0.2, -0.15) is 0 Å². The lowest BCUT2D eigenvalue weighted by Crippen LogP contribution is -2.41. The monoisotopic (exact) mass is 226 g/mol. The zero-order valence-electron chi connectivity index (χ0n) is 11.1. The van der Waals surface area contributed by atoms with E-state index < -0.39 is 0 Å². The summed E-state index contributed by atoms with van der Waals surface area (Å²) in [6.45, 7) is 12.0. The predicted octanol–water partition coefficient (Wildman–Crippen LogP) is 2.65. The number of hydrogen-bond donors (Lipinski definition) is 0. The third kappa shape index (κ3) is 1.91.